The van der Waals surface area contributed by atoms with Crippen molar-refractivity contribution in [2.24, 2.45) is 47.3 Å². The lowest BCUT2D eigenvalue weighted by Gasteiger charge is -2.62. The van der Waals surface area contributed by atoms with Crippen molar-refractivity contribution < 1.29 is 38.5 Å². The van der Waals surface area contributed by atoms with Crippen LogP contribution in [-0.4, -0.2) is 83.8 Å². The third-order valence-electron chi connectivity index (χ3n) is 14.3. The van der Waals surface area contributed by atoms with Gasteiger partial charge in [0.2, 0.25) is 11.6 Å². The zero-order valence-electron chi connectivity index (χ0n) is 27.6. The second kappa shape index (κ2) is 10.1. The molecule has 2 spiro atoms. The van der Waals surface area contributed by atoms with Crippen LogP contribution in [0.1, 0.15) is 92.9 Å². The molecule has 0 aromatic heterocycles. The fourth-order valence-electron chi connectivity index (χ4n) is 11.9. The summed E-state index contributed by atoms with van der Waals surface area (Å²) in [6.07, 6.45) is 7.72. The molecule has 44 heavy (non-hydrogen) atoms. The minimum Gasteiger partial charge on any atom is -0.331 e. The lowest BCUT2D eigenvalue weighted by molar-refractivity contribution is -0.575. The van der Waals surface area contributed by atoms with E-state index in [9.17, 15) is 0 Å². The number of nitrogens with zero attached hydrogens (tertiary/aromatic N) is 2. The Hall–Kier alpha value is -0.400. The van der Waals surface area contributed by atoms with E-state index in [1.807, 2.05) is 13.8 Å². The van der Waals surface area contributed by atoms with E-state index in [1.165, 1.54) is 12.8 Å². The molecule has 4 bridgehead atoms. The summed E-state index contributed by atoms with van der Waals surface area (Å²) >= 11 is 0. The smallest absolute Gasteiger partial charge is 0.201 e. The molecule has 10 nitrogen and oxygen atoms in total. The first kappa shape index (κ1) is 29.7. The molecule has 0 radical (unpaired) electrons. The van der Waals surface area contributed by atoms with Crippen LogP contribution in [0.5, 0.6) is 0 Å². The zero-order chi connectivity index (χ0) is 30.2. The highest BCUT2D eigenvalue weighted by Crippen LogP contribution is 2.62. The van der Waals surface area contributed by atoms with Crippen molar-refractivity contribution in [3.05, 3.63) is 0 Å². The Balaban J connectivity index is 0.929. The Morgan fingerprint density at radius 1 is 0.500 bits per heavy atom. The minimum atomic E-state index is -0.742. The number of piperazine rings is 1. The molecule has 11 fully saturated rings. The SMILES string of the molecule is C[C@H]1[C@@H](N2CCN([C@H]3O[C@@H]4O[C@@]5(C)CC[C@H]6[C@H](C)CC[C@@H]([C@H]3C)[C@@]46OO5)CC2)O[C@@H]2O[C@@]3(C)CC[C@H]4[C@H](C)CC[C@@H]1[C@@]24OO3. The Labute approximate surface area is 262 Å². The quantitative estimate of drug-likeness (QED) is 0.394. The molecule has 16 atom stereocenters. The molecule has 9 saturated heterocycles. The van der Waals surface area contributed by atoms with Gasteiger partial charge in [0.1, 0.15) is 12.5 Å². The van der Waals surface area contributed by atoms with Crippen LogP contribution in [0.25, 0.3) is 0 Å². The molecule has 2 aliphatic carbocycles. The van der Waals surface area contributed by atoms with E-state index in [1.54, 1.807) is 0 Å². The summed E-state index contributed by atoms with van der Waals surface area (Å²) in [6.45, 7) is 17.2. The highest BCUT2D eigenvalue weighted by Gasteiger charge is 2.71. The maximum Gasteiger partial charge on any atom is 0.201 e. The molecule has 0 unspecified atom stereocenters. The van der Waals surface area contributed by atoms with Gasteiger partial charge in [0, 0.05) is 62.7 Å². The highest BCUT2D eigenvalue weighted by molar-refractivity contribution is 5.11. The molecule has 10 heteroatoms. The van der Waals surface area contributed by atoms with Crippen LogP contribution in [0.4, 0.5) is 0 Å². The molecule has 0 aromatic rings. The number of ether oxygens (including phenoxy) is 4. The first-order chi connectivity index (χ1) is 21.1. The summed E-state index contributed by atoms with van der Waals surface area (Å²) in [6, 6.07) is 0. The monoisotopic (exact) mass is 618 g/mol. The van der Waals surface area contributed by atoms with E-state index < -0.39 is 35.4 Å². The van der Waals surface area contributed by atoms with Crippen molar-refractivity contribution in [3.63, 3.8) is 0 Å². The van der Waals surface area contributed by atoms with E-state index in [0.29, 0.717) is 47.3 Å². The fourth-order valence-corrected chi connectivity index (χ4v) is 11.9. The molecule has 0 amide bonds. The van der Waals surface area contributed by atoms with Crippen molar-refractivity contribution >= 4 is 0 Å². The molecule has 11 rings (SSSR count). The summed E-state index contributed by atoms with van der Waals surface area (Å²) in [5, 5.41) is 0. The van der Waals surface area contributed by atoms with Crippen LogP contribution in [0.15, 0.2) is 0 Å². The molecular formula is C34H54N2O8. The summed E-state index contributed by atoms with van der Waals surface area (Å²) < 4.78 is 27.3. The minimum absolute atomic E-state index is 0.00152. The predicted molar refractivity (Wildman–Crippen MR) is 157 cm³/mol. The average Bonchev–Trinajstić information content (AvgIpc) is 3.38. The molecule has 0 aromatic carbocycles. The van der Waals surface area contributed by atoms with Gasteiger partial charge in [-0.3, -0.25) is 9.80 Å². The van der Waals surface area contributed by atoms with Crippen molar-refractivity contribution in [1.82, 2.24) is 9.80 Å². The van der Waals surface area contributed by atoms with Crippen molar-refractivity contribution in [2.45, 2.75) is 141 Å². The van der Waals surface area contributed by atoms with Crippen LogP contribution >= 0.6 is 0 Å². The van der Waals surface area contributed by atoms with E-state index in [0.717, 1.165) is 64.7 Å². The molecule has 248 valence electrons. The Morgan fingerprint density at radius 2 is 0.909 bits per heavy atom. The summed E-state index contributed by atoms with van der Waals surface area (Å²) in [4.78, 5) is 30.0. The topological polar surface area (TPSA) is 80.3 Å². The predicted octanol–water partition coefficient (Wildman–Crippen LogP) is 5.02. The van der Waals surface area contributed by atoms with E-state index in [4.69, 9.17) is 38.5 Å². The first-order valence-electron chi connectivity index (χ1n) is 18.0. The zero-order valence-corrected chi connectivity index (χ0v) is 27.6. The van der Waals surface area contributed by atoms with Crippen LogP contribution in [0.3, 0.4) is 0 Å². The average molecular weight is 619 g/mol. The molecule has 9 aliphatic heterocycles. The summed E-state index contributed by atoms with van der Waals surface area (Å²) in [5.74, 6) is 1.78. The Kier molecular flexibility index (Phi) is 6.80. The van der Waals surface area contributed by atoms with E-state index >= 15 is 0 Å². The standard InChI is InChI=1S/C34H54N2O8/c1-19-7-9-25-21(3)27(37-29-33(25)23(19)11-13-31(5,39-29)41-43-33)35-15-17-36(18-16-35)28-22(4)26-10-8-20(2)24-12-14-32(6)40-30(38-28)34(24,26)44-42-32/h19-30H,7-18H2,1-6H3/t19-,20-,21-,22-,23+,24+,25+,26+,27+,28+,29-,30-,31-,32-,33-,34-/m1/s1. The molecule has 11 aliphatic rings. The van der Waals surface area contributed by atoms with Crippen LogP contribution in [0, 0.1) is 47.3 Å². The number of hydrogen-bond donors (Lipinski definition) is 0. The van der Waals surface area contributed by atoms with Gasteiger partial charge in [-0.15, -0.1) is 0 Å². The third-order valence-corrected chi connectivity index (χ3v) is 14.3. The summed E-state index contributed by atoms with van der Waals surface area (Å²) in [7, 11) is 0. The first-order valence-corrected chi connectivity index (χ1v) is 18.0. The maximum atomic E-state index is 6.99. The maximum absolute atomic E-state index is 6.99. The normalized spacial score (nSPS) is 60.7. The number of hydrogen-bond acceptors (Lipinski definition) is 10. The van der Waals surface area contributed by atoms with Gasteiger partial charge in [-0.05, 0) is 76.0 Å². The molecule has 9 heterocycles. The Bertz CT molecular complexity index is 1050. The van der Waals surface area contributed by atoms with Crippen molar-refractivity contribution in [2.75, 3.05) is 26.2 Å². The van der Waals surface area contributed by atoms with Crippen LogP contribution in [-0.2, 0) is 38.5 Å². The van der Waals surface area contributed by atoms with Crippen molar-refractivity contribution in [1.29, 1.82) is 0 Å². The van der Waals surface area contributed by atoms with Gasteiger partial charge >= 0.3 is 0 Å². The van der Waals surface area contributed by atoms with E-state index in [2.05, 4.69) is 37.5 Å². The molecular weight excluding hydrogens is 564 g/mol. The molecule has 2 saturated carbocycles. The van der Waals surface area contributed by atoms with Gasteiger partial charge in [0.05, 0.1) is 0 Å². The van der Waals surface area contributed by atoms with Crippen LogP contribution < -0.4 is 0 Å². The van der Waals surface area contributed by atoms with Gasteiger partial charge in [-0.1, -0.05) is 27.7 Å². The van der Waals surface area contributed by atoms with Gasteiger partial charge in [0.25, 0.3) is 0 Å². The highest BCUT2D eigenvalue weighted by atomic mass is 17.3. The van der Waals surface area contributed by atoms with Gasteiger partial charge < -0.3 is 18.9 Å². The van der Waals surface area contributed by atoms with Gasteiger partial charge in [0.15, 0.2) is 23.8 Å². The van der Waals surface area contributed by atoms with Crippen molar-refractivity contribution in [3.8, 4) is 0 Å². The lowest BCUT2D eigenvalue weighted by Crippen LogP contribution is -2.73. The van der Waals surface area contributed by atoms with Crippen LogP contribution in [0.2, 0.25) is 0 Å². The second-order valence-electron chi connectivity index (χ2n) is 16.7. The number of rotatable bonds is 2. The summed E-state index contributed by atoms with van der Waals surface area (Å²) in [5.41, 5.74) is -1.02. The third kappa shape index (κ3) is 3.96. The van der Waals surface area contributed by atoms with Gasteiger partial charge in [-0.2, -0.15) is 0 Å². The van der Waals surface area contributed by atoms with Gasteiger partial charge in [-0.25, -0.2) is 19.6 Å². The van der Waals surface area contributed by atoms with E-state index in [-0.39, 0.29) is 12.5 Å². The lowest BCUT2D eigenvalue weighted by atomic mass is 9.58. The fraction of sp³-hybridized carbons (Fsp3) is 1.00. The molecule has 0 N–H and O–H groups in total. The largest absolute Gasteiger partial charge is 0.331 e. The second-order valence-corrected chi connectivity index (χ2v) is 16.7. The number of fused-ring (bicyclic) bond motifs is 4. The Morgan fingerprint density at radius 3 is 1.32 bits per heavy atom.